The maximum absolute atomic E-state index is 11.8. The van der Waals surface area contributed by atoms with Crippen molar-refractivity contribution in [2.75, 3.05) is 32.8 Å². The van der Waals surface area contributed by atoms with E-state index in [0.717, 1.165) is 6.54 Å². The summed E-state index contributed by atoms with van der Waals surface area (Å²) < 4.78 is 10.7. The Balaban J connectivity index is 1.72. The van der Waals surface area contributed by atoms with E-state index in [1.54, 1.807) is 0 Å². The van der Waals surface area contributed by atoms with Crippen molar-refractivity contribution in [3.05, 3.63) is 0 Å². The van der Waals surface area contributed by atoms with Crippen molar-refractivity contribution >= 4 is 5.91 Å². The van der Waals surface area contributed by atoms with Crippen LogP contribution in [-0.4, -0.2) is 89.1 Å². The lowest BCUT2D eigenvalue weighted by molar-refractivity contribution is -0.170. The summed E-state index contributed by atoms with van der Waals surface area (Å²) in [7, 11) is 0. The van der Waals surface area contributed by atoms with Crippen molar-refractivity contribution in [3.8, 4) is 0 Å². The van der Waals surface area contributed by atoms with Crippen molar-refractivity contribution in [3.63, 3.8) is 0 Å². The van der Waals surface area contributed by atoms with Gasteiger partial charge in [-0.25, -0.2) is 0 Å². The predicted octanol–water partition coefficient (Wildman–Crippen LogP) is -1.96. The number of amides is 1. The molecule has 22 heavy (non-hydrogen) atoms. The zero-order valence-corrected chi connectivity index (χ0v) is 13.1. The van der Waals surface area contributed by atoms with Crippen LogP contribution in [0, 0.1) is 0 Å². The number of aliphatic hydroxyl groups excluding tert-OH is 3. The Labute approximate surface area is 130 Å². The molecule has 2 rings (SSSR count). The van der Waals surface area contributed by atoms with E-state index < -0.39 is 30.1 Å². The largest absolute Gasteiger partial charge is 0.394 e. The van der Waals surface area contributed by atoms with Crippen LogP contribution in [0.15, 0.2) is 0 Å². The van der Waals surface area contributed by atoms with E-state index in [2.05, 4.69) is 10.2 Å². The zero-order chi connectivity index (χ0) is 16.3. The highest BCUT2D eigenvalue weighted by Gasteiger charge is 2.43. The van der Waals surface area contributed by atoms with Crippen LogP contribution in [0.1, 0.15) is 20.3 Å². The molecule has 0 aromatic rings. The Morgan fingerprint density at radius 3 is 2.77 bits per heavy atom. The number of ether oxygens (including phenoxy) is 2. The van der Waals surface area contributed by atoms with Crippen LogP contribution in [0.25, 0.3) is 0 Å². The van der Waals surface area contributed by atoms with E-state index in [9.17, 15) is 15.0 Å². The first-order chi connectivity index (χ1) is 10.4. The van der Waals surface area contributed by atoms with Gasteiger partial charge in [0.2, 0.25) is 5.91 Å². The highest BCUT2D eigenvalue weighted by atomic mass is 16.7. The molecule has 2 aliphatic heterocycles. The summed E-state index contributed by atoms with van der Waals surface area (Å²) in [6.07, 6.45) is -3.37. The van der Waals surface area contributed by atoms with E-state index in [1.165, 1.54) is 0 Å². The molecule has 2 heterocycles. The van der Waals surface area contributed by atoms with Gasteiger partial charge in [-0.3, -0.25) is 9.69 Å². The lowest BCUT2D eigenvalue weighted by Crippen LogP contribution is -2.61. The highest BCUT2D eigenvalue weighted by Crippen LogP contribution is 2.22. The Kier molecular flexibility index (Phi) is 5.76. The minimum absolute atomic E-state index is 0.0168. The fraction of sp³-hybridized carbons (Fsp3) is 0.929. The monoisotopic (exact) mass is 318 g/mol. The first-order valence-corrected chi connectivity index (χ1v) is 7.65. The molecule has 0 saturated carbocycles. The Bertz CT molecular complexity index is 392. The number of nitrogens with zero attached hydrogens (tertiary/aromatic N) is 1. The van der Waals surface area contributed by atoms with E-state index >= 15 is 0 Å². The lowest BCUT2D eigenvalue weighted by Gasteiger charge is -2.41. The van der Waals surface area contributed by atoms with E-state index in [0.29, 0.717) is 26.1 Å². The quantitative estimate of drug-likeness (QED) is 0.421. The van der Waals surface area contributed by atoms with Gasteiger partial charge in [-0.05, 0) is 20.3 Å². The van der Waals surface area contributed by atoms with Crippen molar-refractivity contribution in [2.45, 2.75) is 50.4 Å². The molecule has 0 spiro atoms. The van der Waals surface area contributed by atoms with Crippen LogP contribution in [0.5, 0.6) is 0 Å². The summed E-state index contributed by atoms with van der Waals surface area (Å²) in [5.74, 6) is 0.0168. The molecule has 0 radical (unpaired) electrons. The molecule has 8 heteroatoms. The van der Waals surface area contributed by atoms with E-state index in [-0.39, 0.29) is 12.5 Å². The van der Waals surface area contributed by atoms with Gasteiger partial charge in [0.25, 0.3) is 0 Å². The van der Waals surface area contributed by atoms with Gasteiger partial charge in [-0.2, -0.15) is 0 Å². The standard InChI is InChI=1S/C14H26N2O6/c1-14(2)13(20)15-4-6-16(14)5-3-7-21-12-11(19)10(18)9(8-17)22-12/h9-12,17-19H,3-8H2,1-2H3,(H,15,20)/t9-,10-,11-,12-/m1/s1. The summed E-state index contributed by atoms with van der Waals surface area (Å²) in [4.78, 5) is 13.9. The van der Waals surface area contributed by atoms with Crippen LogP contribution in [0.3, 0.4) is 0 Å². The number of hydrogen-bond acceptors (Lipinski definition) is 7. The summed E-state index contributed by atoms with van der Waals surface area (Å²) in [6, 6.07) is 0. The van der Waals surface area contributed by atoms with Crippen molar-refractivity contribution in [2.24, 2.45) is 0 Å². The van der Waals surface area contributed by atoms with Crippen molar-refractivity contribution in [1.82, 2.24) is 10.2 Å². The third kappa shape index (κ3) is 3.58. The second-order valence-electron chi connectivity index (χ2n) is 6.23. The first kappa shape index (κ1) is 17.6. The second kappa shape index (κ2) is 7.20. The molecule has 4 N–H and O–H groups in total. The van der Waals surface area contributed by atoms with Crippen molar-refractivity contribution in [1.29, 1.82) is 0 Å². The van der Waals surface area contributed by atoms with E-state index in [1.807, 2.05) is 13.8 Å². The Morgan fingerprint density at radius 1 is 1.41 bits per heavy atom. The van der Waals surface area contributed by atoms with Gasteiger partial charge in [-0.1, -0.05) is 0 Å². The van der Waals surface area contributed by atoms with Crippen LogP contribution in [-0.2, 0) is 14.3 Å². The fourth-order valence-electron chi connectivity index (χ4n) is 2.79. The average molecular weight is 318 g/mol. The van der Waals surface area contributed by atoms with Gasteiger partial charge in [-0.15, -0.1) is 0 Å². The molecular formula is C14H26N2O6. The molecule has 128 valence electrons. The predicted molar refractivity (Wildman–Crippen MR) is 77.0 cm³/mol. The minimum atomic E-state index is -1.16. The van der Waals surface area contributed by atoms with Gasteiger partial charge < -0.3 is 30.1 Å². The fourth-order valence-corrected chi connectivity index (χ4v) is 2.79. The van der Waals surface area contributed by atoms with Gasteiger partial charge in [0.1, 0.15) is 18.3 Å². The molecule has 0 aromatic heterocycles. The third-order valence-electron chi connectivity index (χ3n) is 4.37. The molecule has 1 amide bonds. The molecule has 0 aliphatic carbocycles. The summed E-state index contributed by atoms with van der Waals surface area (Å²) in [5, 5.41) is 31.2. The third-order valence-corrected chi connectivity index (χ3v) is 4.37. The van der Waals surface area contributed by atoms with Crippen molar-refractivity contribution < 1.29 is 29.6 Å². The number of carbonyl (C=O) groups excluding carboxylic acids is 1. The average Bonchev–Trinajstić information content (AvgIpc) is 2.75. The van der Waals surface area contributed by atoms with Crippen LogP contribution >= 0.6 is 0 Å². The summed E-state index contributed by atoms with van der Waals surface area (Å²) in [6.45, 7) is 5.85. The number of aliphatic hydroxyl groups is 3. The molecule has 0 aromatic carbocycles. The molecule has 0 unspecified atom stereocenters. The van der Waals surface area contributed by atoms with Crippen LogP contribution in [0.2, 0.25) is 0 Å². The van der Waals surface area contributed by atoms with Gasteiger partial charge in [0, 0.05) is 19.6 Å². The zero-order valence-electron chi connectivity index (χ0n) is 13.1. The molecule has 0 bridgehead atoms. The van der Waals surface area contributed by atoms with Gasteiger partial charge >= 0.3 is 0 Å². The second-order valence-corrected chi connectivity index (χ2v) is 6.23. The Morgan fingerprint density at radius 2 is 2.14 bits per heavy atom. The number of nitrogens with one attached hydrogen (secondary N) is 1. The van der Waals surface area contributed by atoms with Crippen LogP contribution < -0.4 is 5.32 Å². The summed E-state index contributed by atoms with van der Waals surface area (Å²) >= 11 is 0. The maximum atomic E-state index is 11.8. The maximum Gasteiger partial charge on any atom is 0.239 e. The topological polar surface area (TPSA) is 111 Å². The molecular weight excluding hydrogens is 292 g/mol. The SMILES string of the molecule is CC1(C)C(=O)NCCN1CCCO[C@@H]1O[C@H](CO)[C@@H](O)[C@H]1O. The Hall–Kier alpha value is -0.770. The minimum Gasteiger partial charge on any atom is -0.394 e. The molecule has 2 fully saturated rings. The van der Waals surface area contributed by atoms with Crippen LogP contribution in [0.4, 0.5) is 0 Å². The number of hydrogen-bond donors (Lipinski definition) is 4. The molecule has 4 atom stereocenters. The first-order valence-electron chi connectivity index (χ1n) is 7.65. The summed E-state index contributed by atoms with van der Waals surface area (Å²) in [5.41, 5.74) is -0.542. The van der Waals surface area contributed by atoms with Gasteiger partial charge in [0.15, 0.2) is 6.29 Å². The highest BCUT2D eigenvalue weighted by molar-refractivity contribution is 5.86. The lowest BCUT2D eigenvalue weighted by atomic mass is 9.99. The number of piperazine rings is 1. The van der Waals surface area contributed by atoms with Gasteiger partial charge in [0.05, 0.1) is 18.8 Å². The number of rotatable bonds is 6. The molecule has 8 nitrogen and oxygen atoms in total. The normalized spacial score (nSPS) is 35.6. The molecule has 2 saturated heterocycles. The number of carbonyl (C=O) groups is 1. The molecule has 2 aliphatic rings. The smallest absolute Gasteiger partial charge is 0.239 e. The van der Waals surface area contributed by atoms with E-state index in [4.69, 9.17) is 14.6 Å².